The molecule has 6 aromatic rings. The van der Waals surface area contributed by atoms with Crippen molar-refractivity contribution in [3.63, 3.8) is 0 Å². The number of rotatable bonds is 11. The molecule has 1 unspecified atom stereocenters. The molecule has 0 fully saturated rings. The quantitative estimate of drug-likeness (QED) is 0.0765. The van der Waals surface area contributed by atoms with E-state index in [1.54, 1.807) is 6.20 Å². The van der Waals surface area contributed by atoms with Crippen LogP contribution in [0.3, 0.4) is 0 Å². The van der Waals surface area contributed by atoms with E-state index in [1.165, 1.54) is 16.7 Å². The first-order valence-corrected chi connectivity index (χ1v) is 15.2. The molecule has 216 valence electrons. The second-order valence-electron chi connectivity index (χ2n) is 10.4. The molecule has 0 aliphatic rings. The Kier molecular flexibility index (Phi) is 8.33. The van der Waals surface area contributed by atoms with E-state index in [0.29, 0.717) is 11.2 Å². The van der Waals surface area contributed by atoms with Gasteiger partial charge in [-0.15, -0.1) is 21.6 Å². The van der Waals surface area contributed by atoms with Crippen LogP contribution in [0.25, 0.3) is 21.5 Å². The first-order chi connectivity index (χ1) is 21.1. The zero-order chi connectivity index (χ0) is 29.6. The molecule has 0 aliphatic heterocycles. The van der Waals surface area contributed by atoms with Crippen LogP contribution in [-0.4, -0.2) is 11.0 Å². The van der Waals surface area contributed by atoms with E-state index < -0.39 is 0 Å². The SMILES string of the molecule is CCC(C)Nc1ccc(NNc2ccc(NNc3ccc(N=Nc4nccs4)cc3C)c3ccccc23)c2ccccc12. The van der Waals surface area contributed by atoms with E-state index in [2.05, 4.69) is 129 Å². The summed E-state index contributed by atoms with van der Waals surface area (Å²) >= 11 is 1.46. The molecule has 0 saturated heterocycles. The number of nitrogens with zero attached hydrogens (tertiary/aromatic N) is 3. The lowest BCUT2D eigenvalue weighted by atomic mass is 10.1. The van der Waals surface area contributed by atoms with E-state index in [9.17, 15) is 0 Å². The highest BCUT2D eigenvalue weighted by Gasteiger charge is 2.10. The average molecular weight is 587 g/mol. The van der Waals surface area contributed by atoms with Gasteiger partial charge in [0.1, 0.15) is 0 Å². The average Bonchev–Trinajstić information content (AvgIpc) is 3.57. The number of nitrogens with one attached hydrogen (secondary N) is 5. The molecule has 6 rings (SSSR count). The zero-order valence-electron chi connectivity index (χ0n) is 24.3. The van der Waals surface area contributed by atoms with Gasteiger partial charge < -0.3 is 27.0 Å². The van der Waals surface area contributed by atoms with Crippen molar-refractivity contribution < 1.29 is 0 Å². The molecule has 43 heavy (non-hydrogen) atoms. The van der Waals surface area contributed by atoms with Crippen LogP contribution < -0.4 is 27.0 Å². The van der Waals surface area contributed by atoms with E-state index in [-0.39, 0.29) is 0 Å². The summed E-state index contributed by atoms with van der Waals surface area (Å²) in [6, 6.07) is 31.6. The Morgan fingerprint density at radius 3 is 1.70 bits per heavy atom. The third-order valence-electron chi connectivity index (χ3n) is 7.41. The second kappa shape index (κ2) is 12.8. The minimum atomic E-state index is 0.405. The Morgan fingerprint density at radius 2 is 1.19 bits per heavy atom. The van der Waals surface area contributed by atoms with Crippen molar-refractivity contribution in [1.82, 2.24) is 4.98 Å². The Hall–Kier alpha value is -5.15. The van der Waals surface area contributed by atoms with E-state index in [4.69, 9.17) is 0 Å². The molecule has 0 spiro atoms. The maximum Gasteiger partial charge on any atom is 0.229 e. The third kappa shape index (κ3) is 6.37. The van der Waals surface area contributed by atoms with Crippen LogP contribution in [-0.2, 0) is 0 Å². The second-order valence-corrected chi connectivity index (χ2v) is 11.3. The molecule has 8 nitrogen and oxygen atoms in total. The zero-order valence-corrected chi connectivity index (χ0v) is 25.2. The van der Waals surface area contributed by atoms with E-state index in [1.807, 2.05) is 30.5 Å². The van der Waals surface area contributed by atoms with Crippen LogP contribution in [0.4, 0.5) is 39.3 Å². The number of thiazole rings is 1. The van der Waals surface area contributed by atoms with E-state index in [0.717, 1.165) is 62.3 Å². The predicted molar refractivity (Wildman–Crippen MR) is 183 cm³/mol. The molecule has 0 radical (unpaired) electrons. The minimum Gasteiger partial charge on any atom is -0.382 e. The Morgan fingerprint density at radius 1 is 0.674 bits per heavy atom. The maximum absolute atomic E-state index is 4.30. The summed E-state index contributed by atoms with van der Waals surface area (Å²) in [7, 11) is 0. The third-order valence-corrected chi connectivity index (χ3v) is 8.06. The highest BCUT2D eigenvalue weighted by Crippen LogP contribution is 2.33. The van der Waals surface area contributed by atoms with Gasteiger partial charge in [0.05, 0.1) is 28.4 Å². The van der Waals surface area contributed by atoms with Crippen molar-refractivity contribution in [2.75, 3.05) is 27.0 Å². The summed E-state index contributed by atoms with van der Waals surface area (Å²) in [4.78, 5) is 4.14. The van der Waals surface area contributed by atoms with Crippen molar-refractivity contribution in [2.45, 2.75) is 33.2 Å². The lowest BCUT2D eigenvalue weighted by Crippen LogP contribution is -2.14. The van der Waals surface area contributed by atoms with Crippen molar-refractivity contribution in [1.29, 1.82) is 0 Å². The van der Waals surface area contributed by atoms with Gasteiger partial charge in [-0.1, -0.05) is 55.5 Å². The van der Waals surface area contributed by atoms with Gasteiger partial charge in [0.25, 0.3) is 0 Å². The van der Waals surface area contributed by atoms with Gasteiger partial charge in [0.2, 0.25) is 5.13 Å². The fraction of sp³-hybridized carbons (Fsp3) is 0.147. The van der Waals surface area contributed by atoms with E-state index >= 15 is 0 Å². The van der Waals surface area contributed by atoms with Crippen molar-refractivity contribution in [2.24, 2.45) is 10.2 Å². The van der Waals surface area contributed by atoms with Gasteiger partial charge in [-0.25, -0.2) is 4.98 Å². The molecule has 0 amide bonds. The summed E-state index contributed by atoms with van der Waals surface area (Å²) < 4.78 is 0. The van der Waals surface area contributed by atoms with Crippen LogP contribution in [0.1, 0.15) is 25.8 Å². The lowest BCUT2D eigenvalue weighted by molar-refractivity contribution is 0.765. The highest BCUT2D eigenvalue weighted by atomic mass is 32.1. The van der Waals surface area contributed by atoms with Gasteiger partial charge in [-0.3, -0.25) is 0 Å². The fourth-order valence-electron chi connectivity index (χ4n) is 4.90. The van der Waals surface area contributed by atoms with Crippen molar-refractivity contribution in [3.8, 4) is 0 Å². The van der Waals surface area contributed by atoms with Crippen LogP contribution in [0.2, 0.25) is 0 Å². The normalized spacial score (nSPS) is 12.0. The minimum absolute atomic E-state index is 0.405. The smallest absolute Gasteiger partial charge is 0.229 e. The van der Waals surface area contributed by atoms with Crippen LogP contribution in [0.15, 0.2) is 113 Å². The summed E-state index contributed by atoms with van der Waals surface area (Å²) in [6.07, 6.45) is 2.79. The molecule has 5 N–H and O–H groups in total. The number of fused-ring (bicyclic) bond motifs is 2. The Bertz CT molecular complexity index is 1880. The summed E-state index contributed by atoms with van der Waals surface area (Å²) in [6.45, 7) is 6.44. The monoisotopic (exact) mass is 586 g/mol. The molecular formula is C34H34N8S. The number of hydrazine groups is 2. The number of aryl methyl sites for hydroxylation is 1. The summed E-state index contributed by atoms with van der Waals surface area (Å²) in [5.74, 6) is 0. The summed E-state index contributed by atoms with van der Waals surface area (Å²) in [5.41, 5.74) is 20.6. The number of aromatic nitrogens is 1. The topological polar surface area (TPSA) is 97.8 Å². The van der Waals surface area contributed by atoms with Gasteiger partial charge in [0, 0.05) is 44.9 Å². The highest BCUT2D eigenvalue weighted by molar-refractivity contribution is 7.13. The van der Waals surface area contributed by atoms with Crippen LogP contribution in [0.5, 0.6) is 0 Å². The predicted octanol–water partition coefficient (Wildman–Crippen LogP) is 10.3. The molecule has 0 aliphatic carbocycles. The molecule has 0 bridgehead atoms. The van der Waals surface area contributed by atoms with Crippen LogP contribution in [0, 0.1) is 6.92 Å². The standard InChI is InChI=1S/C34H34N8S/c1-4-23(3)36-30-15-16-31(26-10-6-5-9-25(26)30)40-41-33-18-17-32(27-11-7-8-12-28(27)33)39-38-29-14-13-24(21-22(29)2)37-42-34-35-19-20-43-34/h5-21,23,36,38-41H,4H2,1-3H3. The molecule has 1 aromatic heterocycles. The molecule has 1 atom stereocenters. The number of azo groups is 1. The summed E-state index contributed by atoms with van der Waals surface area (Å²) in [5, 5.41) is 19.2. The van der Waals surface area contributed by atoms with Gasteiger partial charge >= 0.3 is 0 Å². The Labute approximate surface area is 255 Å². The lowest BCUT2D eigenvalue weighted by Gasteiger charge is -2.19. The van der Waals surface area contributed by atoms with Gasteiger partial charge in [-0.2, -0.15) is 0 Å². The first-order valence-electron chi connectivity index (χ1n) is 14.3. The number of benzene rings is 5. The largest absolute Gasteiger partial charge is 0.382 e. The van der Waals surface area contributed by atoms with Crippen molar-refractivity contribution >= 4 is 72.1 Å². The van der Waals surface area contributed by atoms with Crippen LogP contribution >= 0.6 is 11.3 Å². The molecule has 0 saturated carbocycles. The first kappa shape index (κ1) is 28.0. The Balaban J connectivity index is 1.18. The maximum atomic E-state index is 4.30. The van der Waals surface area contributed by atoms with Crippen molar-refractivity contribution in [3.05, 3.63) is 108 Å². The molecule has 5 aromatic carbocycles. The van der Waals surface area contributed by atoms with Gasteiger partial charge in [-0.05, 0) is 68.3 Å². The fourth-order valence-corrected chi connectivity index (χ4v) is 5.36. The molecule has 9 heteroatoms. The number of anilines is 5. The molecule has 1 heterocycles. The number of hydrogen-bond donors (Lipinski definition) is 5. The van der Waals surface area contributed by atoms with Gasteiger partial charge in [0.15, 0.2) is 0 Å². The number of hydrogen-bond acceptors (Lipinski definition) is 9. The molecular weight excluding hydrogens is 552 g/mol.